The number of nitrogens with one attached hydrogen (secondary N) is 2. The first-order valence-electron chi connectivity index (χ1n) is 7.51. The zero-order valence-corrected chi connectivity index (χ0v) is 13.4. The van der Waals surface area contributed by atoms with E-state index in [0.29, 0.717) is 13.1 Å². The molecule has 0 spiro atoms. The van der Waals surface area contributed by atoms with Gasteiger partial charge in [-0.3, -0.25) is 4.68 Å². The Labute approximate surface area is 126 Å². The molecule has 0 amide bonds. The average molecular weight is 315 g/mol. The second-order valence-electron chi connectivity index (χ2n) is 5.34. The highest BCUT2D eigenvalue weighted by atomic mass is 32.2. The van der Waals surface area contributed by atoms with Crippen LogP contribution in [0.1, 0.15) is 19.3 Å². The van der Waals surface area contributed by atoms with Crippen LogP contribution in [0.5, 0.6) is 0 Å². The Hall–Kier alpha value is -0.960. The van der Waals surface area contributed by atoms with E-state index in [1.54, 1.807) is 10.9 Å². The lowest BCUT2D eigenvalue weighted by Gasteiger charge is -2.14. The Morgan fingerprint density at radius 3 is 2.71 bits per heavy atom. The lowest BCUT2D eigenvalue weighted by Crippen LogP contribution is -2.33. The van der Waals surface area contributed by atoms with Crippen LogP contribution in [0.4, 0.5) is 0 Å². The first-order valence-corrected chi connectivity index (χ1v) is 8.99. The molecular formula is C13H25N5O2S. The molecule has 21 heavy (non-hydrogen) atoms. The summed E-state index contributed by atoms with van der Waals surface area (Å²) in [5.74, 6) is 0. The number of nitrogens with zero attached hydrogens (tertiary/aromatic N) is 3. The molecule has 0 aliphatic carbocycles. The van der Waals surface area contributed by atoms with E-state index in [9.17, 15) is 8.42 Å². The zero-order chi connectivity index (χ0) is 15.1. The molecular weight excluding hydrogens is 290 g/mol. The van der Waals surface area contributed by atoms with Crippen molar-refractivity contribution in [1.29, 1.82) is 0 Å². The summed E-state index contributed by atoms with van der Waals surface area (Å²) in [5, 5.41) is 7.15. The van der Waals surface area contributed by atoms with Crippen molar-refractivity contribution in [3.05, 3.63) is 12.4 Å². The minimum atomic E-state index is -3.44. The molecule has 1 aliphatic rings. The maximum Gasteiger partial charge on any atom is 0.243 e. The van der Waals surface area contributed by atoms with Gasteiger partial charge in [0, 0.05) is 25.8 Å². The molecule has 0 atom stereocenters. The van der Waals surface area contributed by atoms with Gasteiger partial charge in [-0.15, -0.1) is 0 Å². The molecule has 2 heterocycles. The second kappa shape index (κ2) is 7.88. The van der Waals surface area contributed by atoms with Crippen LogP contribution in [0.25, 0.3) is 0 Å². The van der Waals surface area contributed by atoms with Crippen LogP contribution in [-0.4, -0.2) is 62.9 Å². The standard InChI is InChI=1S/C13H25N5O2S/c1-14-5-4-9-18-12-13(11-15-18)21(19,20)16-6-10-17-7-2-3-8-17/h11-12,14,16H,2-10H2,1H3. The van der Waals surface area contributed by atoms with Crippen molar-refractivity contribution in [2.24, 2.45) is 0 Å². The highest BCUT2D eigenvalue weighted by Crippen LogP contribution is 2.08. The predicted octanol–water partition coefficient (Wildman–Crippen LogP) is -0.133. The zero-order valence-electron chi connectivity index (χ0n) is 12.6. The van der Waals surface area contributed by atoms with Gasteiger partial charge in [-0.25, -0.2) is 13.1 Å². The van der Waals surface area contributed by atoms with E-state index in [0.717, 1.165) is 32.6 Å². The second-order valence-corrected chi connectivity index (χ2v) is 7.11. The molecule has 1 aliphatic heterocycles. The van der Waals surface area contributed by atoms with Crippen molar-refractivity contribution in [3.63, 3.8) is 0 Å². The van der Waals surface area contributed by atoms with Crippen molar-refractivity contribution in [2.75, 3.05) is 39.8 Å². The Kier molecular flexibility index (Phi) is 6.16. The number of hydrogen-bond acceptors (Lipinski definition) is 5. The number of sulfonamides is 1. The maximum absolute atomic E-state index is 12.2. The largest absolute Gasteiger partial charge is 0.320 e. The summed E-state index contributed by atoms with van der Waals surface area (Å²) in [5.41, 5.74) is 0. The first kappa shape index (κ1) is 16.4. The van der Waals surface area contributed by atoms with Crippen LogP contribution >= 0.6 is 0 Å². The van der Waals surface area contributed by atoms with E-state index in [1.165, 1.54) is 19.0 Å². The Balaban J connectivity index is 1.80. The fraction of sp³-hybridized carbons (Fsp3) is 0.769. The molecule has 0 saturated carbocycles. The van der Waals surface area contributed by atoms with E-state index < -0.39 is 10.0 Å². The van der Waals surface area contributed by atoms with Gasteiger partial charge in [-0.1, -0.05) is 0 Å². The minimum Gasteiger partial charge on any atom is -0.320 e. The summed E-state index contributed by atoms with van der Waals surface area (Å²) in [4.78, 5) is 2.53. The minimum absolute atomic E-state index is 0.244. The van der Waals surface area contributed by atoms with Crippen molar-refractivity contribution < 1.29 is 8.42 Å². The summed E-state index contributed by atoms with van der Waals surface area (Å²) in [6.07, 6.45) is 6.35. The molecule has 0 bridgehead atoms. The predicted molar refractivity (Wildman–Crippen MR) is 81.6 cm³/mol. The van der Waals surface area contributed by atoms with Crippen molar-refractivity contribution in [2.45, 2.75) is 30.7 Å². The SMILES string of the molecule is CNCCCn1cc(S(=O)(=O)NCCN2CCCC2)cn1. The van der Waals surface area contributed by atoms with Gasteiger partial charge in [-0.2, -0.15) is 5.10 Å². The summed E-state index contributed by atoms with van der Waals surface area (Å²) in [6, 6.07) is 0. The molecule has 0 radical (unpaired) electrons. The fourth-order valence-corrected chi connectivity index (χ4v) is 3.42. The van der Waals surface area contributed by atoms with Gasteiger partial charge >= 0.3 is 0 Å². The van der Waals surface area contributed by atoms with Gasteiger partial charge in [0.25, 0.3) is 0 Å². The summed E-state index contributed by atoms with van der Waals surface area (Å²) >= 11 is 0. The van der Waals surface area contributed by atoms with Crippen LogP contribution < -0.4 is 10.0 Å². The number of rotatable bonds is 9. The summed E-state index contributed by atoms with van der Waals surface area (Å²) in [6.45, 7) is 4.97. The smallest absolute Gasteiger partial charge is 0.243 e. The normalized spacial score (nSPS) is 16.6. The molecule has 8 heteroatoms. The van der Waals surface area contributed by atoms with Gasteiger partial charge in [0.05, 0.1) is 6.20 Å². The molecule has 120 valence electrons. The molecule has 1 fully saturated rings. The molecule has 1 aromatic heterocycles. The van der Waals surface area contributed by atoms with Gasteiger partial charge in [0.1, 0.15) is 4.90 Å². The van der Waals surface area contributed by atoms with E-state index >= 15 is 0 Å². The molecule has 1 saturated heterocycles. The Morgan fingerprint density at radius 2 is 2.00 bits per heavy atom. The van der Waals surface area contributed by atoms with Crippen LogP contribution in [0.15, 0.2) is 17.3 Å². The molecule has 2 rings (SSSR count). The molecule has 0 unspecified atom stereocenters. The molecule has 0 aromatic carbocycles. The van der Waals surface area contributed by atoms with E-state index in [-0.39, 0.29) is 4.90 Å². The van der Waals surface area contributed by atoms with Crippen molar-refractivity contribution in [3.8, 4) is 0 Å². The number of likely N-dealkylation sites (tertiary alicyclic amines) is 1. The van der Waals surface area contributed by atoms with Crippen LogP contribution in [0.3, 0.4) is 0 Å². The third-order valence-electron chi connectivity index (χ3n) is 3.65. The van der Waals surface area contributed by atoms with Gasteiger partial charge in [0.15, 0.2) is 0 Å². The maximum atomic E-state index is 12.2. The van der Waals surface area contributed by atoms with Gasteiger partial charge < -0.3 is 10.2 Å². The number of hydrogen-bond donors (Lipinski definition) is 2. The third-order valence-corrected chi connectivity index (χ3v) is 5.07. The third kappa shape index (κ3) is 5.06. The number of aromatic nitrogens is 2. The number of aryl methyl sites for hydroxylation is 1. The van der Waals surface area contributed by atoms with Crippen LogP contribution in [0.2, 0.25) is 0 Å². The van der Waals surface area contributed by atoms with Crippen LogP contribution in [0, 0.1) is 0 Å². The van der Waals surface area contributed by atoms with E-state index in [1.807, 2.05) is 7.05 Å². The van der Waals surface area contributed by atoms with Gasteiger partial charge in [-0.05, 0) is 45.9 Å². The van der Waals surface area contributed by atoms with Gasteiger partial charge in [0.2, 0.25) is 10.0 Å². The monoisotopic (exact) mass is 315 g/mol. The van der Waals surface area contributed by atoms with Crippen molar-refractivity contribution in [1.82, 2.24) is 24.7 Å². The highest BCUT2D eigenvalue weighted by molar-refractivity contribution is 7.89. The molecule has 7 nitrogen and oxygen atoms in total. The fourth-order valence-electron chi connectivity index (χ4n) is 2.45. The summed E-state index contributed by atoms with van der Waals surface area (Å²) in [7, 11) is -1.55. The summed E-state index contributed by atoms with van der Waals surface area (Å²) < 4.78 is 28.6. The highest BCUT2D eigenvalue weighted by Gasteiger charge is 2.17. The molecule has 2 N–H and O–H groups in total. The Morgan fingerprint density at radius 1 is 1.24 bits per heavy atom. The Bertz CT molecular complexity index is 522. The average Bonchev–Trinajstić information content (AvgIpc) is 3.10. The van der Waals surface area contributed by atoms with E-state index in [2.05, 4.69) is 20.0 Å². The topological polar surface area (TPSA) is 79.3 Å². The quantitative estimate of drug-likeness (QED) is 0.621. The lowest BCUT2D eigenvalue weighted by molar-refractivity contribution is 0.344. The lowest BCUT2D eigenvalue weighted by atomic mass is 10.4. The van der Waals surface area contributed by atoms with E-state index in [4.69, 9.17) is 0 Å². The van der Waals surface area contributed by atoms with Crippen LogP contribution in [-0.2, 0) is 16.6 Å². The first-order chi connectivity index (χ1) is 10.1. The van der Waals surface area contributed by atoms with Crippen molar-refractivity contribution >= 4 is 10.0 Å². The molecule has 1 aromatic rings.